The fourth-order valence-corrected chi connectivity index (χ4v) is 4.13. The second kappa shape index (κ2) is 8.21. The third kappa shape index (κ3) is 5.01. The first-order valence-corrected chi connectivity index (χ1v) is 9.42. The fraction of sp³-hybridized carbons (Fsp3) is 0.667. The van der Waals surface area contributed by atoms with Crippen molar-refractivity contribution in [3.8, 4) is 0 Å². The van der Waals surface area contributed by atoms with E-state index in [1.165, 1.54) is 24.8 Å². The van der Waals surface area contributed by atoms with Crippen molar-refractivity contribution in [2.45, 2.75) is 56.9 Å². The number of rotatable bonds is 7. The zero-order chi connectivity index (χ0) is 15.2. The van der Waals surface area contributed by atoms with E-state index in [4.69, 9.17) is 0 Å². The summed E-state index contributed by atoms with van der Waals surface area (Å²) in [6.07, 6.45) is 6.75. The summed E-state index contributed by atoms with van der Waals surface area (Å²) in [5, 5.41) is 14.6. The van der Waals surface area contributed by atoms with Gasteiger partial charge < -0.3 is 10.4 Å². The Morgan fingerprint density at radius 3 is 2.57 bits per heavy atom. The average molecular weight is 308 g/mol. The molecule has 1 aromatic rings. The zero-order valence-electron chi connectivity index (χ0n) is 13.5. The lowest BCUT2D eigenvalue weighted by molar-refractivity contribution is 0.170. The zero-order valence-corrected chi connectivity index (χ0v) is 14.3. The van der Waals surface area contributed by atoms with Crippen LogP contribution in [0.4, 0.5) is 0 Å². The molecule has 0 amide bonds. The number of thioether (sulfide) groups is 1. The first-order chi connectivity index (χ1) is 10.1. The van der Waals surface area contributed by atoms with E-state index < -0.39 is 6.10 Å². The molecule has 2 N–H and O–H groups in total. The summed E-state index contributed by atoms with van der Waals surface area (Å²) in [6, 6.07) is 9.02. The van der Waals surface area contributed by atoms with E-state index in [-0.39, 0.29) is 0 Å². The molecule has 3 atom stereocenters. The molecule has 1 aliphatic rings. The van der Waals surface area contributed by atoms with Gasteiger partial charge in [0.05, 0.1) is 6.10 Å². The Bertz CT molecular complexity index is 418. The maximum atomic E-state index is 10.3. The Balaban J connectivity index is 1.84. The van der Waals surface area contributed by atoms with Gasteiger partial charge in [-0.1, -0.05) is 44.5 Å². The van der Waals surface area contributed by atoms with Crippen LogP contribution in [0.1, 0.15) is 50.3 Å². The number of aliphatic hydroxyl groups excluding tert-OH is 1. The summed E-state index contributed by atoms with van der Waals surface area (Å²) in [5.41, 5.74) is 2.38. The lowest BCUT2D eigenvalue weighted by Crippen LogP contribution is -2.36. The predicted molar refractivity (Wildman–Crippen MR) is 92.9 cm³/mol. The largest absolute Gasteiger partial charge is 0.387 e. The normalized spacial score (nSPS) is 23.7. The topological polar surface area (TPSA) is 32.3 Å². The maximum Gasteiger partial charge on any atom is 0.0914 e. The number of hydrogen-bond acceptors (Lipinski definition) is 3. The first kappa shape index (κ1) is 16.9. The molecule has 0 heterocycles. The van der Waals surface area contributed by atoms with Crippen molar-refractivity contribution in [3.05, 3.63) is 35.4 Å². The Morgan fingerprint density at radius 1 is 1.24 bits per heavy atom. The van der Waals surface area contributed by atoms with Gasteiger partial charge in [0.25, 0.3) is 0 Å². The highest BCUT2D eigenvalue weighted by atomic mass is 32.2. The highest BCUT2D eigenvalue weighted by molar-refractivity contribution is 7.99. The van der Waals surface area contributed by atoms with Crippen LogP contribution < -0.4 is 5.32 Å². The molecule has 118 valence electrons. The lowest BCUT2D eigenvalue weighted by Gasteiger charge is -2.21. The van der Waals surface area contributed by atoms with Crippen molar-refractivity contribution >= 4 is 11.8 Å². The third-order valence-electron chi connectivity index (χ3n) is 4.34. The van der Waals surface area contributed by atoms with Crippen LogP contribution in [0.15, 0.2) is 24.3 Å². The molecule has 0 radical (unpaired) electrons. The summed E-state index contributed by atoms with van der Waals surface area (Å²) in [6.45, 7) is 5.12. The SMILES string of the molecule is CSC1CCCC1NCC(O)c1ccc(CC(C)C)cc1. The summed E-state index contributed by atoms with van der Waals surface area (Å²) >= 11 is 1.95. The summed E-state index contributed by atoms with van der Waals surface area (Å²) in [4.78, 5) is 0. The van der Waals surface area contributed by atoms with Crippen LogP contribution in [0.3, 0.4) is 0 Å². The molecule has 1 aliphatic carbocycles. The van der Waals surface area contributed by atoms with Crippen LogP contribution in [0.2, 0.25) is 0 Å². The number of benzene rings is 1. The molecule has 2 nitrogen and oxygen atoms in total. The quantitative estimate of drug-likeness (QED) is 0.804. The third-order valence-corrected chi connectivity index (χ3v) is 5.51. The van der Waals surface area contributed by atoms with Crippen LogP contribution in [-0.2, 0) is 6.42 Å². The van der Waals surface area contributed by atoms with E-state index in [9.17, 15) is 5.11 Å². The number of nitrogens with one attached hydrogen (secondary N) is 1. The van der Waals surface area contributed by atoms with Gasteiger partial charge in [0.15, 0.2) is 0 Å². The van der Waals surface area contributed by atoms with Crippen LogP contribution in [-0.4, -0.2) is 29.2 Å². The second-order valence-corrected chi connectivity index (χ2v) is 7.65. The summed E-state index contributed by atoms with van der Waals surface area (Å²) in [7, 11) is 0. The van der Waals surface area contributed by atoms with Crippen LogP contribution in [0.5, 0.6) is 0 Å². The molecule has 3 unspecified atom stereocenters. The Kier molecular flexibility index (Phi) is 6.59. The van der Waals surface area contributed by atoms with Crippen molar-refractivity contribution < 1.29 is 5.11 Å². The Hall–Kier alpha value is -0.510. The minimum atomic E-state index is -0.402. The second-order valence-electron chi connectivity index (χ2n) is 6.58. The highest BCUT2D eigenvalue weighted by Gasteiger charge is 2.26. The predicted octanol–water partition coefficient (Wildman–Crippen LogP) is 3.79. The van der Waals surface area contributed by atoms with Gasteiger partial charge in [-0.15, -0.1) is 0 Å². The molecule has 2 rings (SSSR count). The van der Waals surface area contributed by atoms with E-state index >= 15 is 0 Å². The maximum absolute atomic E-state index is 10.3. The average Bonchev–Trinajstić information content (AvgIpc) is 2.92. The van der Waals surface area contributed by atoms with Crippen LogP contribution in [0.25, 0.3) is 0 Å². The van der Waals surface area contributed by atoms with Crippen LogP contribution in [0, 0.1) is 5.92 Å². The van der Waals surface area contributed by atoms with Gasteiger partial charge in [-0.2, -0.15) is 11.8 Å². The molecule has 0 aliphatic heterocycles. The molecular weight excluding hydrogens is 278 g/mol. The molecule has 1 aromatic carbocycles. The molecule has 3 heteroatoms. The number of aliphatic hydroxyl groups is 1. The smallest absolute Gasteiger partial charge is 0.0914 e. The molecule has 0 aromatic heterocycles. The molecule has 0 spiro atoms. The van der Waals surface area contributed by atoms with Gasteiger partial charge in [0.1, 0.15) is 0 Å². The molecule has 0 bridgehead atoms. The minimum absolute atomic E-state index is 0.402. The van der Waals surface area contributed by atoms with E-state index in [0.29, 0.717) is 23.8 Å². The number of hydrogen-bond donors (Lipinski definition) is 2. The molecule has 21 heavy (non-hydrogen) atoms. The summed E-state index contributed by atoms with van der Waals surface area (Å²) in [5.74, 6) is 0.674. The Morgan fingerprint density at radius 2 is 1.95 bits per heavy atom. The van der Waals surface area contributed by atoms with Crippen molar-refractivity contribution in [2.24, 2.45) is 5.92 Å². The van der Waals surface area contributed by atoms with E-state index in [2.05, 4.69) is 49.7 Å². The monoisotopic (exact) mass is 307 g/mol. The van der Waals surface area contributed by atoms with Gasteiger partial charge >= 0.3 is 0 Å². The molecule has 1 fully saturated rings. The van der Waals surface area contributed by atoms with E-state index in [1.807, 2.05) is 11.8 Å². The van der Waals surface area contributed by atoms with Crippen LogP contribution >= 0.6 is 11.8 Å². The van der Waals surface area contributed by atoms with Gasteiger partial charge in [-0.05, 0) is 42.6 Å². The molecular formula is C18H29NOS. The Labute approximate surface area is 133 Å². The van der Waals surface area contributed by atoms with E-state index in [1.54, 1.807) is 0 Å². The fourth-order valence-electron chi connectivity index (χ4n) is 3.17. The van der Waals surface area contributed by atoms with Crippen molar-refractivity contribution in [2.75, 3.05) is 12.8 Å². The lowest BCUT2D eigenvalue weighted by atomic mass is 10.00. The van der Waals surface area contributed by atoms with Gasteiger partial charge in [-0.25, -0.2) is 0 Å². The highest BCUT2D eigenvalue weighted by Crippen LogP contribution is 2.28. The van der Waals surface area contributed by atoms with Crippen molar-refractivity contribution in [1.29, 1.82) is 0 Å². The van der Waals surface area contributed by atoms with Crippen molar-refractivity contribution in [3.63, 3.8) is 0 Å². The van der Waals surface area contributed by atoms with Gasteiger partial charge in [-0.3, -0.25) is 0 Å². The van der Waals surface area contributed by atoms with E-state index in [0.717, 1.165) is 12.0 Å². The first-order valence-electron chi connectivity index (χ1n) is 8.13. The minimum Gasteiger partial charge on any atom is -0.387 e. The van der Waals surface area contributed by atoms with Gasteiger partial charge in [0, 0.05) is 17.8 Å². The molecule has 0 saturated heterocycles. The van der Waals surface area contributed by atoms with Crippen molar-refractivity contribution in [1.82, 2.24) is 5.32 Å². The molecule has 1 saturated carbocycles. The standard InChI is InChI=1S/C18H29NOS/c1-13(2)11-14-7-9-15(10-8-14)17(20)12-19-16-5-4-6-18(16)21-3/h7-10,13,16-20H,4-6,11-12H2,1-3H3. The van der Waals surface area contributed by atoms with Gasteiger partial charge in [0.2, 0.25) is 0 Å². The summed E-state index contributed by atoms with van der Waals surface area (Å²) < 4.78 is 0.